The van der Waals surface area contributed by atoms with E-state index in [0.717, 1.165) is 18.9 Å². The van der Waals surface area contributed by atoms with Gasteiger partial charge in [0.2, 0.25) is 0 Å². The highest BCUT2D eigenvalue weighted by Gasteiger charge is 2.22. The number of aromatic nitrogens is 2. The molecule has 0 amide bonds. The van der Waals surface area contributed by atoms with Crippen LogP contribution < -0.4 is 4.74 Å². The summed E-state index contributed by atoms with van der Waals surface area (Å²) in [5, 5.41) is 15.0. The fourth-order valence-corrected chi connectivity index (χ4v) is 2.33. The molecule has 1 rings (SSSR count). The van der Waals surface area contributed by atoms with Gasteiger partial charge in [-0.05, 0) is 12.5 Å². The molecule has 120 valence electrons. The monoisotopic (exact) mass is 315 g/mol. The van der Waals surface area contributed by atoms with Gasteiger partial charge in [-0.1, -0.05) is 33.0 Å². The van der Waals surface area contributed by atoms with Crippen molar-refractivity contribution < 1.29 is 14.4 Å². The number of ether oxygens (including phenoxy) is 2. The zero-order valence-corrected chi connectivity index (χ0v) is 14.3. The van der Waals surface area contributed by atoms with E-state index in [1.54, 1.807) is 0 Å². The van der Waals surface area contributed by atoms with Gasteiger partial charge in [-0.15, -0.1) is 0 Å². The van der Waals surface area contributed by atoms with E-state index in [2.05, 4.69) is 24.7 Å². The van der Waals surface area contributed by atoms with Crippen LogP contribution in [-0.2, 0) is 11.5 Å². The lowest BCUT2D eigenvalue weighted by Gasteiger charge is -2.15. The minimum Gasteiger partial charge on any atom is -0.473 e. The van der Waals surface area contributed by atoms with Crippen LogP contribution in [0.4, 0.5) is 5.69 Å². The van der Waals surface area contributed by atoms with Gasteiger partial charge in [0.05, 0.1) is 11.5 Å². The number of nitrogens with zero attached hydrogens (tertiary/aromatic N) is 3. The molecule has 0 spiro atoms. The molecule has 0 fully saturated rings. The maximum absolute atomic E-state index is 11.0. The Bertz CT molecular complexity index is 457. The minimum atomic E-state index is -1.14. The van der Waals surface area contributed by atoms with Crippen molar-refractivity contribution in [1.82, 2.24) is 9.78 Å². The number of nitro groups is 1. The smallest absolute Gasteiger partial charge is 0.350 e. The molecule has 7 nitrogen and oxygen atoms in total. The van der Waals surface area contributed by atoms with Crippen molar-refractivity contribution in [1.29, 1.82) is 0 Å². The average Bonchev–Trinajstić information content (AvgIpc) is 2.77. The van der Waals surface area contributed by atoms with Crippen molar-refractivity contribution in [3.8, 4) is 5.88 Å². The molecule has 0 unspecified atom stereocenters. The number of unbranched alkanes of at least 4 members (excludes halogenated alkanes) is 1. The van der Waals surface area contributed by atoms with Crippen LogP contribution in [0, 0.1) is 10.1 Å². The van der Waals surface area contributed by atoms with E-state index in [1.807, 2.05) is 6.92 Å². The predicted molar refractivity (Wildman–Crippen MR) is 83.4 cm³/mol. The first-order valence-electron chi connectivity index (χ1n) is 7.26. The fraction of sp³-hybridized carbons (Fsp3) is 0.769. The molecule has 1 aromatic heterocycles. The van der Waals surface area contributed by atoms with E-state index >= 15 is 0 Å². The Morgan fingerprint density at radius 2 is 2.10 bits per heavy atom. The summed E-state index contributed by atoms with van der Waals surface area (Å²) >= 11 is 0. The zero-order chi connectivity index (χ0) is 15.9. The van der Waals surface area contributed by atoms with E-state index in [4.69, 9.17) is 9.47 Å². The molecule has 0 N–H and O–H groups in total. The molecule has 0 aliphatic carbocycles. The van der Waals surface area contributed by atoms with Crippen molar-refractivity contribution in [3.05, 3.63) is 16.3 Å². The third-order valence-corrected chi connectivity index (χ3v) is 4.62. The number of hydrogen-bond acceptors (Lipinski definition) is 5. The van der Waals surface area contributed by atoms with Gasteiger partial charge in [0, 0.05) is 14.7 Å². The maximum Gasteiger partial charge on any atom is 0.350 e. The molecule has 0 atom stereocenters. The average molecular weight is 315 g/mol. The molecular weight excluding hydrogens is 290 g/mol. The van der Waals surface area contributed by atoms with Crippen LogP contribution in [0.15, 0.2) is 6.20 Å². The highest BCUT2D eigenvalue weighted by atomic mass is 28.3. The van der Waals surface area contributed by atoms with Gasteiger partial charge in [0.15, 0.2) is 0 Å². The van der Waals surface area contributed by atoms with Gasteiger partial charge in [0.25, 0.3) is 5.88 Å². The van der Waals surface area contributed by atoms with E-state index in [0.29, 0.717) is 13.2 Å². The number of hydrogen-bond donors (Lipinski definition) is 0. The molecule has 0 radical (unpaired) electrons. The highest BCUT2D eigenvalue weighted by molar-refractivity contribution is 6.76. The van der Waals surface area contributed by atoms with E-state index in [1.165, 1.54) is 10.9 Å². The zero-order valence-electron chi connectivity index (χ0n) is 13.3. The van der Waals surface area contributed by atoms with Crippen molar-refractivity contribution in [2.45, 2.75) is 52.2 Å². The summed E-state index contributed by atoms with van der Waals surface area (Å²) in [6, 6.07) is 1.04. The third kappa shape index (κ3) is 6.26. The lowest BCUT2D eigenvalue weighted by Crippen LogP contribution is -2.22. The summed E-state index contributed by atoms with van der Waals surface area (Å²) in [4.78, 5) is 10.5. The van der Waals surface area contributed by atoms with Crippen molar-refractivity contribution in [3.63, 3.8) is 0 Å². The minimum absolute atomic E-state index is 0.111. The van der Waals surface area contributed by atoms with Crippen LogP contribution in [-0.4, -0.2) is 36.0 Å². The van der Waals surface area contributed by atoms with Gasteiger partial charge >= 0.3 is 5.69 Å². The fourth-order valence-electron chi connectivity index (χ4n) is 1.57. The molecule has 0 saturated heterocycles. The molecule has 0 aliphatic heterocycles. The highest BCUT2D eigenvalue weighted by Crippen LogP contribution is 2.26. The van der Waals surface area contributed by atoms with Crippen LogP contribution in [0.5, 0.6) is 5.88 Å². The summed E-state index contributed by atoms with van der Waals surface area (Å²) < 4.78 is 12.5. The van der Waals surface area contributed by atoms with E-state index in [-0.39, 0.29) is 18.3 Å². The largest absolute Gasteiger partial charge is 0.473 e. The van der Waals surface area contributed by atoms with Gasteiger partial charge in [-0.3, -0.25) is 10.1 Å². The molecule has 0 saturated carbocycles. The standard InChI is InChI=1S/C13H25N3O4Si/c1-5-6-7-20-13-12(16(17)18)10-14-15(13)11-19-8-9-21(2,3)4/h10H,5-9,11H2,1-4H3. The Morgan fingerprint density at radius 3 is 2.67 bits per heavy atom. The van der Waals surface area contributed by atoms with Crippen molar-refractivity contribution in [2.75, 3.05) is 13.2 Å². The summed E-state index contributed by atoms with van der Waals surface area (Å²) in [5.41, 5.74) is -0.111. The molecule has 1 heterocycles. The van der Waals surface area contributed by atoms with Gasteiger partial charge in [0.1, 0.15) is 12.9 Å². The Balaban J connectivity index is 2.61. The summed E-state index contributed by atoms with van der Waals surface area (Å²) in [5.74, 6) is 0.182. The van der Waals surface area contributed by atoms with Gasteiger partial charge in [-0.2, -0.15) is 5.10 Å². The van der Waals surface area contributed by atoms with Crippen LogP contribution in [0.25, 0.3) is 0 Å². The van der Waals surface area contributed by atoms with E-state index < -0.39 is 13.0 Å². The second kappa shape index (κ2) is 8.13. The van der Waals surface area contributed by atoms with Crippen molar-refractivity contribution >= 4 is 13.8 Å². The van der Waals surface area contributed by atoms with Gasteiger partial charge < -0.3 is 9.47 Å². The first-order valence-corrected chi connectivity index (χ1v) is 11.0. The summed E-state index contributed by atoms with van der Waals surface area (Å²) in [6.07, 6.45) is 3.02. The molecule has 8 heteroatoms. The van der Waals surface area contributed by atoms with E-state index in [9.17, 15) is 10.1 Å². The molecular formula is C13H25N3O4Si. The molecule has 0 aliphatic rings. The maximum atomic E-state index is 11.0. The lowest BCUT2D eigenvalue weighted by molar-refractivity contribution is -0.386. The van der Waals surface area contributed by atoms with Gasteiger partial charge in [-0.25, -0.2) is 4.68 Å². The van der Waals surface area contributed by atoms with Crippen LogP contribution in [0.1, 0.15) is 19.8 Å². The first kappa shape index (κ1) is 17.6. The Hall–Kier alpha value is -1.41. The molecule has 1 aromatic rings. The number of rotatable bonds is 10. The molecule has 21 heavy (non-hydrogen) atoms. The summed E-state index contributed by atoms with van der Waals surface area (Å²) in [7, 11) is -1.14. The van der Waals surface area contributed by atoms with Crippen LogP contribution >= 0.6 is 0 Å². The van der Waals surface area contributed by atoms with Crippen molar-refractivity contribution in [2.24, 2.45) is 0 Å². The Labute approximate surface area is 126 Å². The lowest BCUT2D eigenvalue weighted by atomic mass is 10.4. The molecule has 0 aromatic carbocycles. The normalized spacial score (nSPS) is 11.6. The second-order valence-corrected chi connectivity index (χ2v) is 11.8. The Kier molecular flexibility index (Phi) is 6.83. The third-order valence-electron chi connectivity index (χ3n) is 2.92. The first-order chi connectivity index (χ1) is 9.85. The molecule has 0 bridgehead atoms. The SMILES string of the molecule is CCCCOc1c([N+](=O)[O-])cnn1COCC[Si](C)(C)C. The predicted octanol–water partition coefficient (Wildman–Crippen LogP) is 3.28. The Morgan fingerprint density at radius 1 is 1.38 bits per heavy atom. The quantitative estimate of drug-likeness (QED) is 0.286. The summed E-state index contributed by atoms with van der Waals surface area (Å²) in [6.45, 7) is 10.1. The van der Waals surface area contributed by atoms with Crippen LogP contribution in [0.3, 0.4) is 0 Å². The topological polar surface area (TPSA) is 79.4 Å². The van der Waals surface area contributed by atoms with Crippen LogP contribution in [0.2, 0.25) is 25.7 Å². The second-order valence-electron chi connectivity index (χ2n) is 6.14.